The number of carbonyl (C=O) groups excluding carboxylic acids is 1. The van der Waals surface area contributed by atoms with Crippen LogP contribution in [-0.2, 0) is 0 Å². The van der Waals surface area contributed by atoms with Crippen molar-refractivity contribution < 1.29 is 4.79 Å². The van der Waals surface area contributed by atoms with Crippen LogP contribution in [0.5, 0.6) is 0 Å². The lowest BCUT2D eigenvalue weighted by molar-refractivity contribution is 0.0541. The number of piperidine rings is 2. The van der Waals surface area contributed by atoms with Crippen LogP contribution in [0.15, 0.2) is 22.9 Å². The summed E-state index contributed by atoms with van der Waals surface area (Å²) < 4.78 is 0.766. The molecule has 0 saturated carbocycles. The SMILES string of the molecule is C[C@@H]1CCCN(C2CCN(C(=O)c3ccc(Br)nc3)CC2)C1. The van der Waals surface area contributed by atoms with E-state index in [1.807, 2.05) is 17.0 Å². The molecule has 2 saturated heterocycles. The highest BCUT2D eigenvalue weighted by Gasteiger charge is 2.29. The summed E-state index contributed by atoms with van der Waals surface area (Å²) in [5.74, 6) is 0.938. The first-order valence-corrected chi connectivity index (χ1v) is 9.07. The van der Waals surface area contributed by atoms with Crippen molar-refractivity contribution >= 4 is 21.8 Å². The molecule has 2 aliphatic heterocycles. The summed E-state index contributed by atoms with van der Waals surface area (Å²) in [6.45, 7) is 6.55. The van der Waals surface area contributed by atoms with E-state index in [1.54, 1.807) is 6.20 Å². The Morgan fingerprint density at radius 1 is 1.23 bits per heavy atom. The van der Waals surface area contributed by atoms with Gasteiger partial charge in [0.1, 0.15) is 4.60 Å². The molecule has 2 fully saturated rings. The van der Waals surface area contributed by atoms with Crippen molar-refractivity contribution in [3.63, 3.8) is 0 Å². The molecule has 0 N–H and O–H groups in total. The van der Waals surface area contributed by atoms with Crippen LogP contribution >= 0.6 is 15.9 Å². The molecule has 1 amide bonds. The van der Waals surface area contributed by atoms with Crippen LogP contribution in [-0.4, -0.2) is 52.9 Å². The molecule has 1 aromatic heterocycles. The minimum absolute atomic E-state index is 0.116. The zero-order valence-electron chi connectivity index (χ0n) is 13.2. The Labute approximate surface area is 141 Å². The Balaban J connectivity index is 1.55. The average Bonchev–Trinajstić information content (AvgIpc) is 2.55. The Morgan fingerprint density at radius 3 is 2.64 bits per heavy atom. The van der Waals surface area contributed by atoms with Crippen molar-refractivity contribution in [1.29, 1.82) is 0 Å². The Hall–Kier alpha value is -0.940. The Bertz CT molecular complexity index is 511. The summed E-state index contributed by atoms with van der Waals surface area (Å²) in [6, 6.07) is 4.34. The maximum atomic E-state index is 12.5. The summed E-state index contributed by atoms with van der Waals surface area (Å²) in [4.78, 5) is 21.3. The van der Waals surface area contributed by atoms with E-state index in [9.17, 15) is 4.79 Å². The van der Waals surface area contributed by atoms with Crippen molar-refractivity contribution in [2.75, 3.05) is 26.2 Å². The summed E-state index contributed by atoms with van der Waals surface area (Å²) in [6.07, 6.45) is 6.55. The summed E-state index contributed by atoms with van der Waals surface area (Å²) in [5, 5.41) is 0. The lowest BCUT2D eigenvalue weighted by Crippen LogP contribution is -2.49. The van der Waals surface area contributed by atoms with Gasteiger partial charge in [-0.15, -0.1) is 0 Å². The molecule has 3 rings (SSSR count). The third-order valence-electron chi connectivity index (χ3n) is 4.93. The molecule has 2 aliphatic rings. The maximum absolute atomic E-state index is 12.5. The second kappa shape index (κ2) is 7.09. The van der Waals surface area contributed by atoms with E-state index in [1.165, 1.54) is 25.9 Å². The van der Waals surface area contributed by atoms with Gasteiger partial charge in [-0.3, -0.25) is 9.69 Å². The third-order valence-corrected chi connectivity index (χ3v) is 5.40. The fraction of sp³-hybridized carbons (Fsp3) is 0.647. The molecule has 22 heavy (non-hydrogen) atoms. The van der Waals surface area contributed by atoms with Crippen LogP contribution in [0.4, 0.5) is 0 Å². The summed E-state index contributed by atoms with van der Waals surface area (Å²) in [5.41, 5.74) is 0.688. The number of aromatic nitrogens is 1. The van der Waals surface area contributed by atoms with Crippen molar-refractivity contribution in [1.82, 2.24) is 14.8 Å². The molecule has 0 spiro atoms. The molecule has 0 aliphatic carbocycles. The standard InChI is InChI=1S/C17H24BrN3O/c1-13-3-2-8-21(12-13)15-6-9-20(10-7-15)17(22)14-4-5-16(18)19-11-14/h4-5,11,13,15H,2-3,6-10,12H2,1H3/t13-/m1/s1. The molecular formula is C17H24BrN3O. The fourth-order valence-corrected chi connectivity index (χ4v) is 3.91. The second-order valence-electron chi connectivity index (χ2n) is 6.64. The normalized spacial score (nSPS) is 24.5. The van der Waals surface area contributed by atoms with Crippen molar-refractivity contribution in [2.24, 2.45) is 5.92 Å². The highest BCUT2D eigenvalue weighted by Crippen LogP contribution is 2.24. The molecular weight excluding hydrogens is 342 g/mol. The number of carbonyl (C=O) groups is 1. The maximum Gasteiger partial charge on any atom is 0.255 e. The topological polar surface area (TPSA) is 36.4 Å². The number of likely N-dealkylation sites (tertiary alicyclic amines) is 2. The first-order valence-electron chi connectivity index (χ1n) is 8.28. The minimum atomic E-state index is 0.116. The summed E-state index contributed by atoms with van der Waals surface area (Å²) >= 11 is 3.31. The van der Waals surface area contributed by atoms with Gasteiger partial charge < -0.3 is 4.90 Å². The van der Waals surface area contributed by atoms with E-state index in [2.05, 4.69) is 32.7 Å². The second-order valence-corrected chi connectivity index (χ2v) is 7.45. The number of nitrogens with zero attached hydrogens (tertiary/aromatic N) is 3. The van der Waals surface area contributed by atoms with Gasteiger partial charge in [0.15, 0.2) is 0 Å². The monoisotopic (exact) mass is 365 g/mol. The van der Waals surface area contributed by atoms with Crippen molar-refractivity contribution in [3.8, 4) is 0 Å². The first kappa shape index (κ1) is 15.9. The smallest absolute Gasteiger partial charge is 0.255 e. The first-order chi connectivity index (χ1) is 10.6. The van der Waals surface area contributed by atoms with Crippen LogP contribution in [0.3, 0.4) is 0 Å². The van der Waals surface area contributed by atoms with E-state index >= 15 is 0 Å². The quantitative estimate of drug-likeness (QED) is 0.755. The van der Waals surface area contributed by atoms with Gasteiger partial charge in [-0.05, 0) is 66.2 Å². The molecule has 0 unspecified atom stereocenters. The number of hydrogen-bond acceptors (Lipinski definition) is 3. The Kier molecular flexibility index (Phi) is 5.14. The summed E-state index contributed by atoms with van der Waals surface area (Å²) in [7, 11) is 0. The van der Waals surface area contributed by atoms with Gasteiger partial charge in [0.2, 0.25) is 0 Å². The lowest BCUT2D eigenvalue weighted by atomic mass is 9.95. The number of pyridine rings is 1. The molecule has 3 heterocycles. The number of hydrogen-bond donors (Lipinski definition) is 0. The van der Waals surface area contributed by atoms with Gasteiger partial charge in [0, 0.05) is 31.9 Å². The predicted molar refractivity (Wildman–Crippen MR) is 90.8 cm³/mol. The van der Waals surface area contributed by atoms with E-state index < -0.39 is 0 Å². The highest BCUT2D eigenvalue weighted by atomic mass is 79.9. The molecule has 120 valence electrons. The number of rotatable bonds is 2. The molecule has 0 aromatic carbocycles. The third kappa shape index (κ3) is 3.69. The van der Waals surface area contributed by atoms with E-state index in [0.29, 0.717) is 11.6 Å². The Morgan fingerprint density at radius 2 is 2.00 bits per heavy atom. The van der Waals surface area contributed by atoms with Gasteiger partial charge in [-0.1, -0.05) is 6.92 Å². The molecule has 1 atom stereocenters. The van der Waals surface area contributed by atoms with E-state index in [-0.39, 0.29) is 5.91 Å². The van der Waals surface area contributed by atoms with Crippen LogP contribution < -0.4 is 0 Å². The van der Waals surface area contributed by atoms with E-state index in [0.717, 1.165) is 36.5 Å². The number of amides is 1. The molecule has 0 radical (unpaired) electrons. The van der Waals surface area contributed by atoms with Gasteiger partial charge >= 0.3 is 0 Å². The van der Waals surface area contributed by atoms with Gasteiger partial charge in [0.25, 0.3) is 5.91 Å². The number of halogens is 1. The zero-order valence-corrected chi connectivity index (χ0v) is 14.8. The van der Waals surface area contributed by atoms with Gasteiger partial charge in [0.05, 0.1) is 5.56 Å². The largest absolute Gasteiger partial charge is 0.338 e. The van der Waals surface area contributed by atoms with E-state index in [4.69, 9.17) is 0 Å². The van der Waals surface area contributed by atoms with Crippen LogP contribution in [0, 0.1) is 5.92 Å². The van der Waals surface area contributed by atoms with Crippen LogP contribution in [0.25, 0.3) is 0 Å². The van der Waals surface area contributed by atoms with Crippen LogP contribution in [0.2, 0.25) is 0 Å². The van der Waals surface area contributed by atoms with Crippen molar-refractivity contribution in [2.45, 2.75) is 38.6 Å². The van der Waals surface area contributed by atoms with Crippen LogP contribution in [0.1, 0.15) is 43.0 Å². The lowest BCUT2D eigenvalue weighted by Gasteiger charge is -2.41. The van der Waals surface area contributed by atoms with Crippen molar-refractivity contribution in [3.05, 3.63) is 28.5 Å². The highest BCUT2D eigenvalue weighted by molar-refractivity contribution is 9.10. The zero-order chi connectivity index (χ0) is 15.5. The fourth-order valence-electron chi connectivity index (χ4n) is 3.68. The molecule has 4 nitrogen and oxygen atoms in total. The average molecular weight is 366 g/mol. The molecule has 0 bridgehead atoms. The minimum Gasteiger partial charge on any atom is -0.338 e. The van der Waals surface area contributed by atoms with Gasteiger partial charge in [-0.2, -0.15) is 0 Å². The molecule has 5 heteroatoms. The van der Waals surface area contributed by atoms with Gasteiger partial charge in [-0.25, -0.2) is 4.98 Å². The predicted octanol–water partition coefficient (Wildman–Crippen LogP) is 3.18. The molecule has 1 aromatic rings.